The van der Waals surface area contributed by atoms with Crippen LogP contribution in [0.25, 0.3) is 0 Å². The Bertz CT molecular complexity index is 299. The third-order valence-corrected chi connectivity index (χ3v) is 1.56. The van der Waals surface area contributed by atoms with Crippen LogP contribution < -0.4 is 0 Å². The van der Waals surface area contributed by atoms with E-state index in [4.69, 9.17) is 5.26 Å². The summed E-state index contributed by atoms with van der Waals surface area (Å²) in [6, 6.07) is 1.90. The number of rotatable bonds is 1. The van der Waals surface area contributed by atoms with Crippen LogP contribution in [0.15, 0.2) is 6.20 Å². The highest BCUT2D eigenvalue weighted by Gasteiger charge is 1.98. The Labute approximate surface area is 65.7 Å². The van der Waals surface area contributed by atoms with Crippen molar-refractivity contribution in [2.75, 3.05) is 0 Å². The smallest absolute Gasteiger partial charge is 0.227 e. The van der Waals surface area contributed by atoms with Gasteiger partial charge in [0.05, 0.1) is 0 Å². The fourth-order valence-corrected chi connectivity index (χ4v) is 0.893. The number of aryl methyl sites for hydroxylation is 2. The summed E-state index contributed by atoms with van der Waals surface area (Å²) in [6.07, 6.45) is 2.62. The second kappa shape index (κ2) is 3.11. The SMILES string of the molecule is CCc1cnc(C#N)nc1C. The minimum atomic E-state index is 0.250. The Morgan fingerprint density at radius 1 is 1.64 bits per heavy atom. The van der Waals surface area contributed by atoms with E-state index in [2.05, 4.69) is 9.97 Å². The third kappa shape index (κ3) is 1.53. The maximum atomic E-state index is 8.45. The van der Waals surface area contributed by atoms with Gasteiger partial charge >= 0.3 is 0 Å². The van der Waals surface area contributed by atoms with E-state index in [1.807, 2.05) is 19.9 Å². The van der Waals surface area contributed by atoms with Gasteiger partial charge < -0.3 is 0 Å². The Hall–Kier alpha value is -1.43. The minimum absolute atomic E-state index is 0.250. The molecule has 0 aliphatic rings. The molecular formula is C8H9N3. The normalized spacial score (nSPS) is 9.18. The zero-order chi connectivity index (χ0) is 8.27. The van der Waals surface area contributed by atoms with Crippen LogP contribution in [0.4, 0.5) is 0 Å². The van der Waals surface area contributed by atoms with Crippen molar-refractivity contribution in [3.05, 3.63) is 23.3 Å². The number of aromatic nitrogens is 2. The van der Waals surface area contributed by atoms with Gasteiger partial charge in [0.2, 0.25) is 5.82 Å². The highest BCUT2D eigenvalue weighted by molar-refractivity contribution is 5.20. The van der Waals surface area contributed by atoms with Crippen LogP contribution in [0.5, 0.6) is 0 Å². The number of hydrogen-bond donors (Lipinski definition) is 0. The summed E-state index contributed by atoms with van der Waals surface area (Å²) in [7, 11) is 0. The summed E-state index contributed by atoms with van der Waals surface area (Å²) >= 11 is 0. The standard InChI is InChI=1S/C8H9N3/c1-3-7-5-10-8(4-9)11-6(7)2/h5H,3H2,1-2H3. The molecule has 0 aliphatic carbocycles. The lowest BCUT2D eigenvalue weighted by Gasteiger charge is -1.98. The van der Waals surface area contributed by atoms with E-state index in [-0.39, 0.29) is 5.82 Å². The second-order valence-corrected chi connectivity index (χ2v) is 2.27. The quantitative estimate of drug-likeness (QED) is 0.600. The van der Waals surface area contributed by atoms with Crippen molar-refractivity contribution in [3.63, 3.8) is 0 Å². The summed E-state index contributed by atoms with van der Waals surface area (Å²) in [6.45, 7) is 3.93. The highest BCUT2D eigenvalue weighted by atomic mass is 14.9. The largest absolute Gasteiger partial charge is 0.232 e. The summed E-state index contributed by atoms with van der Waals surface area (Å²) in [5.74, 6) is 0.250. The van der Waals surface area contributed by atoms with Gasteiger partial charge in [0.1, 0.15) is 6.07 Å². The Balaban J connectivity index is 3.12. The zero-order valence-electron chi connectivity index (χ0n) is 6.63. The van der Waals surface area contributed by atoms with E-state index in [9.17, 15) is 0 Å². The lowest BCUT2D eigenvalue weighted by molar-refractivity contribution is 0.975. The van der Waals surface area contributed by atoms with E-state index < -0.39 is 0 Å². The maximum Gasteiger partial charge on any atom is 0.232 e. The molecule has 3 nitrogen and oxygen atoms in total. The minimum Gasteiger partial charge on any atom is -0.227 e. The number of nitrogens with zero attached hydrogens (tertiary/aromatic N) is 3. The topological polar surface area (TPSA) is 49.6 Å². The fraction of sp³-hybridized carbons (Fsp3) is 0.375. The van der Waals surface area contributed by atoms with Crippen molar-refractivity contribution >= 4 is 0 Å². The van der Waals surface area contributed by atoms with Crippen molar-refractivity contribution in [3.8, 4) is 6.07 Å². The first-order chi connectivity index (χ1) is 5.27. The molecule has 0 aromatic carbocycles. The average molecular weight is 147 g/mol. The molecule has 11 heavy (non-hydrogen) atoms. The maximum absolute atomic E-state index is 8.45. The molecule has 1 aromatic rings. The number of nitriles is 1. The van der Waals surface area contributed by atoms with Crippen LogP contribution >= 0.6 is 0 Å². The predicted octanol–water partition coefficient (Wildman–Crippen LogP) is 1.22. The van der Waals surface area contributed by atoms with Gasteiger partial charge in [-0.2, -0.15) is 5.26 Å². The van der Waals surface area contributed by atoms with Crippen molar-refractivity contribution in [2.45, 2.75) is 20.3 Å². The van der Waals surface area contributed by atoms with E-state index in [0.717, 1.165) is 17.7 Å². The molecule has 0 amide bonds. The van der Waals surface area contributed by atoms with Gasteiger partial charge in [-0.15, -0.1) is 0 Å². The molecule has 3 heteroatoms. The average Bonchev–Trinajstić information content (AvgIpc) is 2.04. The molecule has 0 saturated heterocycles. The molecule has 0 aliphatic heterocycles. The summed E-state index contributed by atoms with van der Waals surface area (Å²) in [4.78, 5) is 7.85. The van der Waals surface area contributed by atoms with Crippen molar-refractivity contribution in [1.29, 1.82) is 5.26 Å². The summed E-state index contributed by atoms with van der Waals surface area (Å²) in [5.41, 5.74) is 2.00. The molecule has 56 valence electrons. The first-order valence-electron chi connectivity index (χ1n) is 3.50. The summed E-state index contributed by atoms with van der Waals surface area (Å²) < 4.78 is 0. The van der Waals surface area contributed by atoms with Gasteiger partial charge in [-0.1, -0.05) is 6.92 Å². The van der Waals surface area contributed by atoms with Gasteiger partial charge in [-0.25, -0.2) is 9.97 Å². The van der Waals surface area contributed by atoms with Crippen LogP contribution in [0.3, 0.4) is 0 Å². The second-order valence-electron chi connectivity index (χ2n) is 2.27. The molecule has 1 rings (SSSR count). The zero-order valence-corrected chi connectivity index (χ0v) is 6.63. The molecule has 1 aromatic heterocycles. The van der Waals surface area contributed by atoms with Gasteiger partial charge in [-0.3, -0.25) is 0 Å². The molecule has 0 radical (unpaired) electrons. The predicted molar refractivity (Wildman–Crippen MR) is 40.9 cm³/mol. The number of hydrogen-bond acceptors (Lipinski definition) is 3. The fourth-order valence-electron chi connectivity index (χ4n) is 0.893. The molecule has 0 fully saturated rings. The lowest BCUT2D eigenvalue weighted by Crippen LogP contribution is -1.96. The third-order valence-electron chi connectivity index (χ3n) is 1.56. The lowest BCUT2D eigenvalue weighted by atomic mass is 10.2. The first kappa shape index (κ1) is 7.67. The first-order valence-corrected chi connectivity index (χ1v) is 3.50. The van der Waals surface area contributed by atoms with Gasteiger partial charge in [0.15, 0.2) is 0 Å². The molecule has 0 N–H and O–H groups in total. The Morgan fingerprint density at radius 3 is 2.82 bits per heavy atom. The molecule has 0 bridgehead atoms. The van der Waals surface area contributed by atoms with Crippen LogP contribution in [0.2, 0.25) is 0 Å². The highest BCUT2D eigenvalue weighted by Crippen LogP contribution is 2.03. The van der Waals surface area contributed by atoms with Gasteiger partial charge in [-0.05, 0) is 18.9 Å². The van der Waals surface area contributed by atoms with Crippen molar-refractivity contribution in [2.24, 2.45) is 0 Å². The van der Waals surface area contributed by atoms with Crippen LogP contribution in [0, 0.1) is 18.3 Å². The van der Waals surface area contributed by atoms with E-state index in [1.54, 1.807) is 6.20 Å². The van der Waals surface area contributed by atoms with Gasteiger partial charge in [0, 0.05) is 11.9 Å². The van der Waals surface area contributed by atoms with E-state index >= 15 is 0 Å². The van der Waals surface area contributed by atoms with Crippen molar-refractivity contribution in [1.82, 2.24) is 9.97 Å². The van der Waals surface area contributed by atoms with Crippen LogP contribution in [-0.4, -0.2) is 9.97 Å². The molecule has 1 heterocycles. The van der Waals surface area contributed by atoms with E-state index in [0.29, 0.717) is 0 Å². The van der Waals surface area contributed by atoms with Gasteiger partial charge in [0.25, 0.3) is 0 Å². The van der Waals surface area contributed by atoms with Crippen molar-refractivity contribution < 1.29 is 0 Å². The molecule has 0 atom stereocenters. The molecular weight excluding hydrogens is 138 g/mol. The Morgan fingerprint density at radius 2 is 2.36 bits per heavy atom. The van der Waals surface area contributed by atoms with Crippen LogP contribution in [0.1, 0.15) is 24.0 Å². The summed E-state index contributed by atoms with van der Waals surface area (Å²) in [5, 5.41) is 8.45. The Kier molecular flexibility index (Phi) is 2.17. The van der Waals surface area contributed by atoms with E-state index in [1.165, 1.54) is 0 Å². The monoisotopic (exact) mass is 147 g/mol. The molecule has 0 spiro atoms. The van der Waals surface area contributed by atoms with Crippen LogP contribution in [-0.2, 0) is 6.42 Å². The molecule has 0 unspecified atom stereocenters. The molecule has 0 saturated carbocycles.